The van der Waals surface area contributed by atoms with Gasteiger partial charge in [0.2, 0.25) is 5.91 Å². The summed E-state index contributed by atoms with van der Waals surface area (Å²) < 4.78 is 0. The molecule has 0 bridgehead atoms. The van der Waals surface area contributed by atoms with Crippen LogP contribution in [0.5, 0.6) is 0 Å². The molecule has 6 heteroatoms. The SMILES string of the molecule is O=C(c1ccccc1)N1CC[NH+]([C@@H]2CC(=O)N(Cc3ccccc3)C2=O)CC1. The van der Waals surface area contributed by atoms with Gasteiger partial charge in [0.25, 0.3) is 11.8 Å². The second-order valence-electron chi connectivity index (χ2n) is 7.38. The molecule has 0 aromatic heterocycles. The van der Waals surface area contributed by atoms with Gasteiger partial charge < -0.3 is 9.80 Å². The number of nitrogens with one attached hydrogen (secondary N) is 1. The standard InChI is InChI=1S/C22H23N3O3/c26-20-15-19(22(28)25(20)16-17-7-3-1-4-8-17)23-11-13-24(14-12-23)21(27)18-9-5-2-6-10-18/h1-10,19H,11-16H2/p+1/t19-/m1/s1. The molecule has 0 unspecified atom stereocenters. The summed E-state index contributed by atoms with van der Waals surface area (Å²) in [5, 5.41) is 0. The maximum Gasteiger partial charge on any atom is 0.288 e. The number of rotatable bonds is 4. The topological polar surface area (TPSA) is 62.1 Å². The van der Waals surface area contributed by atoms with E-state index in [-0.39, 0.29) is 30.2 Å². The lowest BCUT2D eigenvalue weighted by molar-refractivity contribution is -0.918. The highest BCUT2D eigenvalue weighted by atomic mass is 16.2. The van der Waals surface area contributed by atoms with Gasteiger partial charge in [0, 0.05) is 5.56 Å². The van der Waals surface area contributed by atoms with Gasteiger partial charge in [-0.25, -0.2) is 0 Å². The van der Waals surface area contributed by atoms with Crippen LogP contribution in [-0.2, 0) is 16.1 Å². The predicted octanol–water partition coefficient (Wildman–Crippen LogP) is 0.355. The Hall–Kier alpha value is -2.99. The maximum absolute atomic E-state index is 12.9. The van der Waals surface area contributed by atoms with Gasteiger partial charge in [0.15, 0.2) is 6.04 Å². The number of imide groups is 1. The Morgan fingerprint density at radius 2 is 1.54 bits per heavy atom. The third-order valence-corrected chi connectivity index (χ3v) is 5.63. The first kappa shape index (κ1) is 18.4. The molecule has 0 spiro atoms. The third-order valence-electron chi connectivity index (χ3n) is 5.63. The van der Waals surface area contributed by atoms with Crippen LogP contribution >= 0.6 is 0 Å². The van der Waals surface area contributed by atoms with Crippen LogP contribution in [0.2, 0.25) is 0 Å². The Morgan fingerprint density at radius 1 is 0.929 bits per heavy atom. The highest BCUT2D eigenvalue weighted by Crippen LogP contribution is 2.16. The molecular weight excluding hydrogens is 354 g/mol. The Kier molecular flexibility index (Phi) is 5.21. The van der Waals surface area contributed by atoms with E-state index in [2.05, 4.69) is 0 Å². The van der Waals surface area contributed by atoms with Gasteiger partial charge >= 0.3 is 0 Å². The fourth-order valence-electron chi connectivity index (χ4n) is 4.04. The monoisotopic (exact) mass is 378 g/mol. The van der Waals surface area contributed by atoms with Crippen LogP contribution in [0.15, 0.2) is 60.7 Å². The van der Waals surface area contributed by atoms with Crippen molar-refractivity contribution in [3.8, 4) is 0 Å². The van der Waals surface area contributed by atoms with Crippen molar-refractivity contribution in [1.29, 1.82) is 0 Å². The van der Waals surface area contributed by atoms with Crippen molar-refractivity contribution < 1.29 is 19.3 Å². The molecule has 2 aromatic carbocycles. The first-order chi connectivity index (χ1) is 13.6. The number of nitrogens with zero attached hydrogens (tertiary/aromatic N) is 2. The lowest BCUT2D eigenvalue weighted by Gasteiger charge is -2.34. The normalized spacial score (nSPS) is 20.6. The number of carbonyl (C=O) groups excluding carboxylic acids is 3. The second kappa shape index (κ2) is 7.94. The summed E-state index contributed by atoms with van der Waals surface area (Å²) >= 11 is 0. The molecule has 1 atom stereocenters. The number of likely N-dealkylation sites (tertiary alicyclic amines) is 1. The van der Waals surface area contributed by atoms with Crippen molar-refractivity contribution in [3.05, 3.63) is 71.8 Å². The highest BCUT2D eigenvalue weighted by molar-refractivity contribution is 6.04. The zero-order valence-electron chi connectivity index (χ0n) is 15.7. The number of piperazine rings is 1. The highest BCUT2D eigenvalue weighted by Gasteiger charge is 2.45. The summed E-state index contributed by atoms with van der Waals surface area (Å²) in [5.41, 5.74) is 1.64. The average molecular weight is 378 g/mol. The molecule has 2 aliphatic heterocycles. The zero-order chi connectivity index (χ0) is 19.5. The molecule has 2 aliphatic rings. The molecule has 144 valence electrons. The van der Waals surface area contributed by atoms with Crippen LogP contribution in [0.25, 0.3) is 0 Å². The van der Waals surface area contributed by atoms with Crippen LogP contribution in [0, 0.1) is 0 Å². The number of hydrogen-bond donors (Lipinski definition) is 1. The van der Waals surface area contributed by atoms with Crippen molar-refractivity contribution in [3.63, 3.8) is 0 Å². The van der Waals surface area contributed by atoms with E-state index < -0.39 is 0 Å². The molecule has 2 heterocycles. The fraction of sp³-hybridized carbons (Fsp3) is 0.318. The van der Waals surface area contributed by atoms with Gasteiger partial charge in [-0.3, -0.25) is 19.3 Å². The van der Waals surface area contributed by atoms with E-state index in [1.165, 1.54) is 4.90 Å². The predicted molar refractivity (Wildman–Crippen MR) is 103 cm³/mol. The first-order valence-electron chi connectivity index (χ1n) is 9.70. The van der Waals surface area contributed by atoms with Crippen LogP contribution < -0.4 is 4.90 Å². The van der Waals surface area contributed by atoms with Crippen molar-refractivity contribution >= 4 is 17.7 Å². The molecule has 3 amide bonds. The van der Waals surface area contributed by atoms with Crippen molar-refractivity contribution in [2.45, 2.75) is 19.0 Å². The van der Waals surface area contributed by atoms with Crippen LogP contribution in [0.4, 0.5) is 0 Å². The van der Waals surface area contributed by atoms with Gasteiger partial charge in [0.1, 0.15) is 0 Å². The molecular formula is C22H24N3O3+. The largest absolute Gasteiger partial charge is 0.327 e. The molecule has 6 nitrogen and oxygen atoms in total. The summed E-state index contributed by atoms with van der Waals surface area (Å²) in [5.74, 6) is -0.167. The minimum absolute atomic E-state index is 0.0270. The molecule has 4 rings (SSSR count). The molecule has 2 saturated heterocycles. The van der Waals surface area contributed by atoms with Crippen LogP contribution in [0.3, 0.4) is 0 Å². The summed E-state index contributed by atoms with van der Waals surface area (Å²) in [7, 11) is 0. The summed E-state index contributed by atoms with van der Waals surface area (Å²) in [6.07, 6.45) is 0.258. The summed E-state index contributed by atoms with van der Waals surface area (Å²) in [6.45, 7) is 2.89. The number of hydrogen-bond acceptors (Lipinski definition) is 3. The first-order valence-corrected chi connectivity index (χ1v) is 9.70. The molecule has 2 aromatic rings. The number of quaternary nitrogens is 1. The van der Waals surface area contributed by atoms with Gasteiger partial charge in [-0.15, -0.1) is 0 Å². The van der Waals surface area contributed by atoms with E-state index in [4.69, 9.17) is 0 Å². The van der Waals surface area contributed by atoms with Crippen LogP contribution in [-0.4, -0.2) is 59.7 Å². The molecule has 0 radical (unpaired) electrons. The summed E-state index contributed by atoms with van der Waals surface area (Å²) in [6, 6.07) is 18.5. The molecule has 0 aliphatic carbocycles. The minimum Gasteiger partial charge on any atom is -0.327 e. The molecule has 0 saturated carbocycles. The smallest absolute Gasteiger partial charge is 0.288 e. The van der Waals surface area contributed by atoms with E-state index in [0.29, 0.717) is 38.3 Å². The number of carbonyl (C=O) groups is 3. The molecule has 1 N–H and O–H groups in total. The maximum atomic E-state index is 12.9. The second-order valence-corrected chi connectivity index (χ2v) is 7.38. The summed E-state index contributed by atoms with van der Waals surface area (Å²) in [4.78, 5) is 42.2. The molecule has 28 heavy (non-hydrogen) atoms. The van der Waals surface area contributed by atoms with E-state index in [1.807, 2.05) is 65.6 Å². The van der Waals surface area contributed by atoms with Crippen molar-refractivity contribution in [1.82, 2.24) is 9.80 Å². The average Bonchev–Trinajstić information content (AvgIpc) is 3.03. The Labute approximate surface area is 164 Å². The zero-order valence-corrected chi connectivity index (χ0v) is 15.7. The number of benzene rings is 2. The lowest BCUT2D eigenvalue weighted by atomic mass is 10.1. The van der Waals surface area contributed by atoms with Gasteiger partial charge in [-0.05, 0) is 17.7 Å². The van der Waals surface area contributed by atoms with Crippen LogP contribution in [0.1, 0.15) is 22.3 Å². The van der Waals surface area contributed by atoms with Gasteiger partial charge in [0.05, 0.1) is 39.1 Å². The van der Waals surface area contributed by atoms with E-state index >= 15 is 0 Å². The van der Waals surface area contributed by atoms with E-state index in [0.717, 1.165) is 10.5 Å². The Morgan fingerprint density at radius 3 is 2.18 bits per heavy atom. The van der Waals surface area contributed by atoms with Crippen molar-refractivity contribution in [2.24, 2.45) is 0 Å². The Balaban J connectivity index is 1.36. The van der Waals surface area contributed by atoms with E-state index in [1.54, 1.807) is 0 Å². The molecule has 2 fully saturated rings. The quantitative estimate of drug-likeness (QED) is 0.782. The van der Waals surface area contributed by atoms with E-state index in [9.17, 15) is 14.4 Å². The Bertz CT molecular complexity index is 861. The minimum atomic E-state index is -0.329. The third kappa shape index (κ3) is 3.68. The fourth-order valence-corrected chi connectivity index (χ4v) is 4.04. The van der Waals surface area contributed by atoms with Gasteiger partial charge in [-0.1, -0.05) is 48.5 Å². The van der Waals surface area contributed by atoms with Gasteiger partial charge in [-0.2, -0.15) is 0 Å². The number of amides is 3. The van der Waals surface area contributed by atoms with Crippen molar-refractivity contribution in [2.75, 3.05) is 26.2 Å². The lowest BCUT2D eigenvalue weighted by Crippen LogP contribution is -3.19.